The monoisotopic (exact) mass is 319 g/mol. The zero-order valence-electron chi connectivity index (χ0n) is 12.8. The molecule has 0 saturated heterocycles. The number of rotatable bonds is 5. The van der Waals surface area contributed by atoms with Crippen molar-refractivity contribution in [2.75, 3.05) is 0 Å². The van der Waals surface area contributed by atoms with Crippen molar-refractivity contribution in [3.63, 3.8) is 0 Å². The van der Waals surface area contributed by atoms with Gasteiger partial charge in [-0.15, -0.1) is 5.10 Å². The molecule has 0 aliphatic heterocycles. The number of hydrogen-bond acceptors (Lipinski definition) is 5. The Morgan fingerprint density at radius 1 is 1.45 bits per heavy atom. The van der Waals surface area contributed by atoms with Crippen LogP contribution in [0.5, 0.6) is 0 Å². The summed E-state index contributed by atoms with van der Waals surface area (Å²) in [5.41, 5.74) is -0.678. The molecule has 0 bridgehead atoms. The molecule has 3 rings (SSSR count). The van der Waals surface area contributed by atoms with Crippen LogP contribution in [0.4, 0.5) is 0 Å². The summed E-state index contributed by atoms with van der Waals surface area (Å²) in [6.07, 6.45) is 6.98. The van der Waals surface area contributed by atoms with E-state index in [9.17, 15) is 10.1 Å². The zero-order chi connectivity index (χ0) is 15.6. The number of H-pyrrole nitrogens is 1. The molecule has 2 aliphatic carbocycles. The average Bonchev–Trinajstić information content (AvgIpc) is 3.28. The minimum Gasteiger partial charge on any atom is -0.337 e. The maximum atomic E-state index is 12.4. The maximum Gasteiger partial charge on any atom is 0.234 e. The van der Waals surface area contributed by atoms with Crippen molar-refractivity contribution in [1.29, 1.82) is 5.26 Å². The standard InChI is InChI=1S/C15H21N5OS/c1-10(22-14-17-12(19-20-14)11-5-6-11)13(21)18-15(9-16)7-3-2-4-8-15/h10-11H,2-8H2,1H3,(H,18,21)(H,17,19,20). The Hall–Kier alpha value is -1.55. The van der Waals surface area contributed by atoms with Crippen molar-refractivity contribution in [1.82, 2.24) is 20.5 Å². The number of carbonyl (C=O) groups is 1. The largest absolute Gasteiger partial charge is 0.337 e. The Labute approximate surface area is 134 Å². The number of nitriles is 1. The summed E-state index contributed by atoms with van der Waals surface area (Å²) < 4.78 is 0. The lowest BCUT2D eigenvalue weighted by molar-refractivity contribution is -0.121. The molecule has 2 N–H and O–H groups in total. The van der Waals surface area contributed by atoms with E-state index in [4.69, 9.17) is 0 Å². The number of amides is 1. The molecular formula is C15H21N5OS. The molecule has 2 saturated carbocycles. The molecule has 1 aromatic rings. The van der Waals surface area contributed by atoms with Crippen LogP contribution >= 0.6 is 11.8 Å². The highest BCUT2D eigenvalue weighted by Crippen LogP contribution is 2.38. The van der Waals surface area contributed by atoms with Crippen LogP contribution in [0.25, 0.3) is 0 Å². The van der Waals surface area contributed by atoms with E-state index in [1.165, 1.54) is 24.6 Å². The fourth-order valence-corrected chi connectivity index (χ4v) is 3.55. The highest BCUT2D eigenvalue weighted by atomic mass is 32.2. The Morgan fingerprint density at radius 2 is 2.18 bits per heavy atom. The van der Waals surface area contributed by atoms with Crippen LogP contribution in [-0.2, 0) is 4.79 Å². The van der Waals surface area contributed by atoms with Crippen molar-refractivity contribution in [3.8, 4) is 6.07 Å². The Kier molecular flexibility index (Phi) is 4.39. The van der Waals surface area contributed by atoms with Crippen molar-refractivity contribution < 1.29 is 4.79 Å². The SMILES string of the molecule is CC(Sc1n[nH]c(C2CC2)n1)C(=O)NC1(C#N)CCCCC1. The van der Waals surface area contributed by atoms with Gasteiger partial charge in [0.25, 0.3) is 0 Å². The Bertz CT molecular complexity index is 583. The van der Waals surface area contributed by atoms with Crippen molar-refractivity contribution in [2.24, 2.45) is 0 Å². The molecule has 0 radical (unpaired) electrons. The molecule has 1 amide bonds. The van der Waals surface area contributed by atoms with Gasteiger partial charge in [-0.3, -0.25) is 9.89 Å². The van der Waals surface area contributed by atoms with Gasteiger partial charge in [-0.25, -0.2) is 4.98 Å². The highest BCUT2D eigenvalue weighted by molar-refractivity contribution is 8.00. The Balaban J connectivity index is 1.57. The van der Waals surface area contributed by atoms with Crippen LogP contribution in [0.1, 0.15) is 63.6 Å². The van der Waals surface area contributed by atoms with E-state index in [0.29, 0.717) is 11.1 Å². The second-order valence-corrected chi connectivity index (χ2v) is 7.59. The number of thioether (sulfide) groups is 1. The van der Waals surface area contributed by atoms with E-state index in [-0.39, 0.29) is 11.2 Å². The highest BCUT2D eigenvalue weighted by Gasteiger charge is 2.35. The fourth-order valence-electron chi connectivity index (χ4n) is 2.82. The molecule has 1 unspecified atom stereocenters. The van der Waals surface area contributed by atoms with Crippen LogP contribution in [0, 0.1) is 11.3 Å². The van der Waals surface area contributed by atoms with Gasteiger partial charge in [0.05, 0.1) is 11.3 Å². The maximum absolute atomic E-state index is 12.4. The second kappa shape index (κ2) is 6.29. The first-order chi connectivity index (χ1) is 10.6. The van der Waals surface area contributed by atoms with Crippen LogP contribution in [-0.4, -0.2) is 31.9 Å². The van der Waals surface area contributed by atoms with Gasteiger partial charge in [-0.1, -0.05) is 31.0 Å². The summed E-state index contributed by atoms with van der Waals surface area (Å²) >= 11 is 1.34. The fraction of sp³-hybridized carbons (Fsp3) is 0.733. The molecule has 6 nitrogen and oxygen atoms in total. The van der Waals surface area contributed by atoms with Gasteiger partial charge < -0.3 is 5.32 Å². The zero-order valence-corrected chi connectivity index (χ0v) is 13.6. The number of carbonyl (C=O) groups excluding carboxylic acids is 1. The predicted molar refractivity (Wildman–Crippen MR) is 83.2 cm³/mol. The van der Waals surface area contributed by atoms with Crippen molar-refractivity contribution in [2.45, 2.75) is 73.7 Å². The van der Waals surface area contributed by atoms with Crippen LogP contribution in [0.15, 0.2) is 5.16 Å². The number of hydrogen-bond donors (Lipinski definition) is 2. The molecule has 1 heterocycles. The van der Waals surface area contributed by atoms with Gasteiger partial charge in [0.1, 0.15) is 11.4 Å². The van der Waals surface area contributed by atoms with E-state index in [2.05, 4.69) is 26.6 Å². The molecule has 1 atom stereocenters. The van der Waals surface area contributed by atoms with Crippen molar-refractivity contribution >= 4 is 17.7 Å². The van der Waals surface area contributed by atoms with Crippen molar-refractivity contribution in [3.05, 3.63) is 5.82 Å². The lowest BCUT2D eigenvalue weighted by Gasteiger charge is -2.32. The summed E-state index contributed by atoms with van der Waals surface area (Å²) in [6.45, 7) is 1.83. The van der Waals surface area contributed by atoms with E-state index in [0.717, 1.165) is 37.9 Å². The van der Waals surface area contributed by atoms with Gasteiger partial charge in [0.15, 0.2) is 0 Å². The van der Waals surface area contributed by atoms with Gasteiger partial charge in [-0.05, 0) is 32.6 Å². The summed E-state index contributed by atoms with van der Waals surface area (Å²) in [5, 5.41) is 19.8. The van der Waals surface area contributed by atoms with E-state index < -0.39 is 5.54 Å². The molecule has 2 fully saturated rings. The Morgan fingerprint density at radius 3 is 2.82 bits per heavy atom. The summed E-state index contributed by atoms with van der Waals surface area (Å²) in [4.78, 5) is 16.8. The number of aromatic amines is 1. The first-order valence-electron chi connectivity index (χ1n) is 7.94. The van der Waals surface area contributed by atoms with Gasteiger partial charge in [-0.2, -0.15) is 5.26 Å². The lowest BCUT2D eigenvalue weighted by atomic mass is 9.83. The summed E-state index contributed by atoms with van der Waals surface area (Å²) in [7, 11) is 0. The smallest absolute Gasteiger partial charge is 0.234 e. The first-order valence-corrected chi connectivity index (χ1v) is 8.82. The molecular weight excluding hydrogens is 298 g/mol. The summed E-state index contributed by atoms with van der Waals surface area (Å²) in [6, 6.07) is 2.32. The second-order valence-electron chi connectivity index (χ2n) is 6.28. The molecule has 22 heavy (non-hydrogen) atoms. The average molecular weight is 319 g/mol. The number of nitrogens with one attached hydrogen (secondary N) is 2. The number of nitrogens with zero attached hydrogens (tertiary/aromatic N) is 3. The molecule has 1 aromatic heterocycles. The van der Waals surface area contributed by atoms with Gasteiger partial charge in [0, 0.05) is 5.92 Å². The minimum atomic E-state index is -0.678. The van der Waals surface area contributed by atoms with E-state index in [1.807, 2.05) is 6.92 Å². The quantitative estimate of drug-likeness (QED) is 0.813. The number of aromatic nitrogens is 3. The van der Waals surface area contributed by atoms with Crippen LogP contribution in [0.2, 0.25) is 0 Å². The van der Waals surface area contributed by atoms with Gasteiger partial charge in [0.2, 0.25) is 11.1 Å². The molecule has 0 spiro atoms. The van der Waals surface area contributed by atoms with Gasteiger partial charge >= 0.3 is 0 Å². The van der Waals surface area contributed by atoms with E-state index >= 15 is 0 Å². The first kappa shape index (κ1) is 15.3. The molecule has 0 aromatic carbocycles. The molecule has 118 valence electrons. The van der Waals surface area contributed by atoms with E-state index in [1.54, 1.807) is 0 Å². The lowest BCUT2D eigenvalue weighted by Crippen LogP contribution is -2.50. The van der Waals surface area contributed by atoms with Crippen LogP contribution in [0.3, 0.4) is 0 Å². The summed E-state index contributed by atoms with van der Waals surface area (Å²) in [5.74, 6) is 1.34. The minimum absolute atomic E-state index is 0.105. The van der Waals surface area contributed by atoms with Crippen LogP contribution < -0.4 is 5.32 Å². The third kappa shape index (κ3) is 3.43. The molecule has 2 aliphatic rings. The normalized spacial score (nSPS) is 21.8. The third-order valence-corrected chi connectivity index (χ3v) is 5.34. The third-order valence-electron chi connectivity index (χ3n) is 4.38. The predicted octanol–water partition coefficient (Wildman–Crippen LogP) is 2.51. The molecule has 7 heteroatoms. The topological polar surface area (TPSA) is 94.5 Å².